The smallest absolute Gasteiger partial charge is 0.273 e. The Morgan fingerprint density at radius 3 is 2.78 bits per heavy atom. The van der Waals surface area contributed by atoms with Crippen molar-refractivity contribution in [3.05, 3.63) is 18.0 Å². The zero-order valence-electron chi connectivity index (χ0n) is 10.7. The van der Waals surface area contributed by atoms with Crippen LogP contribution in [-0.2, 0) is 11.3 Å². The van der Waals surface area contributed by atoms with Gasteiger partial charge in [0.25, 0.3) is 5.91 Å². The lowest BCUT2D eigenvalue weighted by Crippen LogP contribution is -2.29. The molecule has 1 rings (SSSR count). The van der Waals surface area contributed by atoms with Gasteiger partial charge in [0.1, 0.15) is 5.69 Å². The quantitative estimate of drug-likeness (QED) is 0.316. The average Bonchev–Trinajstić information content (AvgIpc) is 2.81. The third-order valence-electron chi connectivity index (χ3n) is 2.47. The summed E-state index contributed by atoms with van der Waals surface area (Å²) in [6.45, 7) is 0.679. The minimum absolute atomic E-state index is 0.115. The number of carbonyl (C=O) groups excluding carboxylic acids is 2. The molecular formula is C11H19N5O2. The number of nitrogens with two attached hydrogens (primary N) is 1. The summed E-state index contributed by atoms with van der Waals surface area (Å²) >= 11 is 0. The van der Waals surface area contributed by atoms with E-state index in [4.69, 9.17) is 5.84 Å². The molecule has 100 valence electrons. The maximum atomic E-state index is 11.6. The Hall–Kier alpha value is -1.89. The molecule has 18 heavy (non-hydrogen) atoms. The first kappa shape index (κ1) is 14.2. The van der Waals surface area contributed by atoms with Crippen LogP contribution in [0.15, 0.2) is 12.3 Å². The number of amides is 2. The number of aromatic nitrogens is 2. The van der Waals surface area contributed by atoms with Gasteiger partial charge < -0.3 is 4.90 Å². The van der Waals surface area contributed by atoms with E-state index in [2.05, 4.69) is 10.5 Å². The first-order valence-electron chi connectivity index (χ1n) is 5.79. The molecule has 0 aliphatic heterocycles. The molecule has 0 atom stereocenters. The number of aryl methyl sites for hydroxylation is 1. The van der Waals surface area contributed by atoms with E-state index in [1.165, 1.54) is 4.90 Å². The summed E-state index contributed by atoms with van der Waals surface area (Å²) in [5.74, 6) is 4.69. The van der Waals surface area contributed by atoms with E-state index in [1.807, 2.05) is 0 Å². The summed E-state index contributed by atoms with van der Waals surface area (Å²) in [6, 6.07) is 1.69. The van der Waals surface area contributed by atoms with E-state index in [9.17, 15) is 9.59 Å². The maximum Gasteiger partial charge on any atom is 0.273 e. The number of hydrogen-bond acceptors (Lipinski definition) is 4. The maximum absolute atomic E-state index is 11.6. The molecular weight excluding hydrogens is 234 g/mol. The lowest BCUT2D eigenvalue weighted by Gasteiger charge is -2.07. The predicted octanol–water partition coefficient (Wildman–Crippen LogP) is -0.255. The summed E-state index contributed by atoms with van der Waals surface area (Å²) in [6.07, 6.45) is 3.71. The molecule has 0 aliphatic carbocycles. The first-order chi connectivity index (χ1) is 8.54. The molecule has 0 bridgehead atoms. The Kier molecular flexibility index (Phi) is 5.31. The molecule has 1 aromatic rings. The topological polar surface area (TPSA) is 93.2 Å². The molecule has 3 N–H and O–H groups in total. The van der Waals surface area contributed by atoms with Crippen molar-refractivity contribution in [3.63, 3.8) is 0 Å². The summed E-state index contributed by atoms with van der Waals surface area (Å²) in [4.78, 5) is 24.0. The van der Waals surface area contributed by atoms with Crippen LogP contribution in [0.5, 0.6) is 0 Å². The van der Waals surface area contributed by atoms with Crippen molar-refractivity contribution in [2.45, 2.75) is 25.8 Å². The van der Waals surface area contributed by atoms with Gasteiger partial charge in [0.05, 0.1) is 0 Å². The number of unbranched alkanes of at least 4 members (excludes halogenated alkanes) is 1. The molecule has 0 saturated carbocycles. The van der Waals surface area contributed by atoms with Crippen LogP contribution < -0.4 is 11.3 Å². The normalized spacial score (nSPS) is 10.2. The Bertz CT molecular complexity index is 413. The SMILES string of the molecule is CN(C)C(=O)c1ccn(CCCCC(=O)NN)n1. The van der Waals surface area contributed by atoms with Gasteiger partial charge in [-0.25, -0.2) is 5.84 Å². The van der Waals surface area contributed by atoms with Crippen LogP contribution in [0.4, 0.5) is 0 Å². The number of hydrogen-bond donors (Lipinski definition) is 2. The summed E-state index contributed by atoms with van der Waals surface area (Å²) in [5, 5.41) is 4.17. The molecule has 0 saturated heterocycles. The highest BCUT2D eigenvalue weighted by Gasteiger charge is 2.10. The van der Waals surface area contributed by atoms with Crippen LogP contribution in [0.3, 0.4) is 0 Å². The Morgan fingerprint density at radius 2 is 2.17 bits per heavy atom. The molecule has 2 amide bonds. The molecule has 0 aliphatic rings. The van der Waals surface area contributed by atoms with Crippen LogP contribution in [0.25, 0.3) is 0 Å². The van der Waals surface area contributed by atoms with Gasteiger partial charge in [-0.05, 0) is 18.9 Å². The lowest BCUT2D eigenvalue weighted by molar-refractivity contribution is -0.121. The van der Waals surface area contributed by atoms with Crippen molar-refractivity contribution in [2.75, 3.05) is 14.1 Å². The minimum Gasteiger partial charge on any atom is -0.343 e. The van der Waals surface area contributed by atoms with E-state index in [0.29, 0.717) is 18.7 Å². The van der Waals surface area contributed by atoms with Gasteiger partial charge in [0, 0.05) is 33.3 Å². The fraction of sp³-hybridized carbons (Fsp3) is 0.545. The molecule has 1 heterocycles. The molecule has 0 spiro atoms. The molecule has 7 nitrogen and oxygen atoms in total. The molecule has 0 aromatic carbocycles. The summed E-state index contributed by atoms with van der Waals surface area (Å²) in [7, 11) is 3.37. The van der Waals surface area contributed by atoms with E-state index in [-0.39, 0.29) is 11.8 Å². The average molecular weight is 253 g/mol. The van der Waals surface area contributed by atoms with E-state index in [0.717, 1.165) is 12.8 Å². The minimum atomic E-state index is -0.168. The number of nitrogens with one attached hydrogen (secondary N) is 1. The monoisotopic (exact) mass is 253 g/mol. The molecule has 0 fully saturated rings. The first-order valence-corrected chi connectivity index (χ1v) is 5.79. The van der Waals surface area contributed by atoms with Gasteiger partial charge in [0.15, 0.2) is 0 Å². The van der Waals surface area contributed by atoms with Crippen LogP contribution in [0.2, 0.25) is 0 Å². The van der Waals surface area contributed by atoms with Crippen molar-refractivity contribution in [3.8, 4) is 0 Å². The van der Waals surface area contributed by atoms with E-state index in [1.54, 1.807) is 31.0 Å². The van der Waals surface area contributed by atoms with E-state index < -0.39 is 0 Å². The lowest BCUT2D eigenvalue weighted by atomic mass is 10.2. The number of nitrogens with zero attached hydrogens (tertiary/aromatic N) is 3. The van der Waals surface area contributed by atoms with Crippen molar-refractivity contribution in [1.82, 2.24) is 20.1 Å². The second-order valence-electron chi connectivity index (χ2n) is 4.19. The molecule has 0 radical (unpaired) electrons. The van der Waals surface area contributed by atoms with Gasteiger partial charge in [-0.3, -0.25) is 19.7 Å². The van der Waals surface area contributed by atoms with Gasteiger partial charge in [0.2, 0.25) is 5.91 Å². The third-order valence-corrected chi connectivity index (χ3v) is 2.47. The number of rotatable bonds is 6. The number of carbonyl (C=O) groups is 2. The van der Waals surface area contributed by atoms with Crippen LogP contribution in [0, 0.1) is 0 Å². The van der Waals surface area contributed by atoms with Crippen molar-refractivity contribution < 1.29 is 9.59 Å². The standard InChI is InChI=1S/C11H19N5O2/c1-15(2)11(18)9-6-8-16(14-9)7-4-3-5-10(17)13-12/h6,8H,3-5,7,12H2,1-2H3,(H,13,17). The highest BCUT2D eigenvalue weighted by molar-refractivity contribution is 5.91. The van der Waals surface area contributed by atoms with Crippen LogP contribution in [-0.4, -0.2) is 40.6 Å². The summed E-state index contributed by atoms with van der Waals surface area (Å²) in [5.41, 5.74) is 2.51. The number of hydrazine groups is 1. The zero-order chi connectivity index (χ0) is 13.5. The second-order valence-corrected chi connectivity index (χ2v) is 4.19. The van der Waals surface area contributed by atoms with Crippen LogP contribution >= 0.6 is 0 Å². The zero-order valence-corrected chi connectivity index (χ0v) is 10.7. The highest BCUT2D eigenvalue weighted by atomic mass is 16.2. The van der Waals surface area contributed by atoms with Crippen LogP contribution in [0.1, 0.15) is 29.8 Å². The van der Waals surface area contributed by atoms with Gasteiger partial charge in [-0.2, -0.15) is 5.10 Å². The fourth-order valence-electron chi connectivity index (χ4n) is 1.46. The third kappa shape index (κ3) is 4.17. The van der Waals surface area contributed by atoms with Crippen molar-refractivity contribution >= 4 is 11.8 Å². The van der Waals surface area contributed by atoms with Crippen molar-refractivity contribution in [1.29, 1.82) is 0 Å². The highest BCUT2D eigenvalue weighted by Crippen LogP contribution is 2.02. The molecule has 0 unspecified atom stereocenters. The Morgan fingerprint density at radius 1 is 1.44 bits per heavy atom. The Labute approximate surface area is 106 Å². The molecule has 7 heteroatoms. The largest absolute Gasteiger partial charge is 0.343 e. The van der Waals surface area contributed by atoms with Gasteiger partial charge >= 0.3 is 0 Å². The van der Waals surface area contributed by atoms with Gasteiger partial charge in [-0.15, -0.1) is 0 Å². The summed E-state index contributed by atoms with van der Waals surface area (Å²) < 4.78 is 1.71. The molecule has 1 aromatic heterocycles. The Balaban J connectivity index is 2.36. The predicted molar refractivity (Wildman–Crippen MR) is 66.4 cm³/mol. The fourth-order valence-corrected chi connectivity index (χ4v) is 1.46. The van der Waals surface area contributed by atoms with Crippen molar-refractivity contribution in [2.24, 2.45) is 5.84 Å². The van der Waals surface area contributed by atoms with E-state index >= 15 is 0 Å². The second kappa shape index (κ2) is 6.75. The van der Waals surface area contributed by atoms with Gasteiger partial charge in [-0.1, -0.05) is 0 Å².